The smallest absolute Gasteiger partial charge is 0.325 e. The standard InChI is InChI=1S/C21H20N4O4S/c1-12(26)24-16-8-6-5-7-14(16)18-19(27)22-21(30-4)23-25(18)20(24)15-10-9-13(28-2)11-17(15)29-3/h5-11,20H,1-4H3/p+1/t20-/m0/s1. The van der Waals surface area contributed by atoms with E-state index in [1.807, 2.05) is 36.6 Å². The molecule has 1 aliphatic rings. The first kappa shape index (κ1) is 20.0. The molecule has 0 spiro atoms. The molecular formula is C21H21N4O4S+. The van der Waals surface area contributed by atoms with E-state index in [1.54, 1.807) is 35.9 Å². The lowest BCUT2D eigenvalue weighted by molar-refractivity contribution is -0.763. The molecule has 1 amide bonds. The van der Waals surface area contributed by atoms with Crippen molar-refractivity contribution in [2.24, 2.45) is 0 Å². The van der Waals surface area contributed by atoms with Crippen LogP contribution in [0.1, 0.15) is 18.7 Å². The van der Waals surface area contributed by atoms with Gasteiger partial charge in [0.25, 0.3) is 6.17 Å². The maximum atomic E-state index is 13.0. The number of rotatable bonds is 4. The summed E-state index contributed by atoms with van der Waals surface area (Å²) in [5.41, 5.74) is 2.06. The number of carbonyl (C=O) groups excluding carboxylic acids is 1. The lowest BCUT2D eigenvalue weighted by Crippen LogP contribution is -2.60. The van der Waals surface area contributed by atoms with Gasteiger partial charge < -0.3 is 9.47 Å². The van der Waals surface area contributed by atoms with Gasteiger partial charge >= 0.3 is 11.3 Å². The number of thioether (sulfide) groups is 1. The summed E-state index contributed by atoms with van der Waals surface area (Å²) in [5.74, 6) is 0.961. The molecule has 1 atom stereocenters. The van der Waals surface area contributed by atoms with Gasteiger partial charge in [0.1, 0.15) is 11.5 Å². The molecule has 0 radical (unpaired) electrons. The second kappa shape index (κ2) is 7.83. The van der Waals surface area contributed by atoms with Gasteiger partial charge in [-0.25, -0.2) is 4.90 Å². The highest BCUT2D eigenvalue weighted by Crippen LogP contribution is 2.40. The molecule has 154 valence electrons. The normalized spacial score (nSPS) is 14.7. The first-order valence-corrected chi connectivity index (χ1v) is 10.4. The Balaban J connectivity index is 2.09. The number of methoxy groups -OCH3 is 2. The Bertz CT molecular complexity index is 1190. The zero-order chi connectivity index (χ0) is 21.4. The van der Waals surface area contributed by atoms with Crippen LogP contribution in [0.2, 0.25) is 0 Å². The molecule has 0 saturated heterocycles. The molecule has 3 aromatic rings. The highest BCUT2D eigenvalue weighted by atomic mass is 32.2. The number of aromatic nitrogens is 3. The van der Waals surface area contributed by atoms with Crippen molar-refractivity contribution >= 4 is 23.4 Å². The van der Waals surface area contributed by atoms with E-state index in [-0.39, 0.29) is 11.5 Å². The maximum absolute atomic E-state index is 13.0. The van der Waals surface area contributed by atoms with Crippen molar-refractivity contribution in [3.8, 4) is 22.8 Å². The first-order chi connectivity index (χ1) is 14.5. The molecule has 0 bridgehead atoms. The second-order valence-electron chi connectivity index (χ2n) is 6.64. The summed E-state index contributed by atoms with van der Waals surface area (Å²) in [6.45, 7) is 1.49. The molecule has 1 N–H and O–H groups in total. The number of fused-ring (bicyclic) bond motifs is 3. The van der Waals surface area contributed by atoms with Crippen LogP contribution in [0.3, 0.4) is 0 Å². The van der Waals surface area contributed by atoms with Gasteiger partial charge in [-0.2, -0.15) is 0 Å². The Labute approximate surface area is 177 Å². The number of para-hydroxylation sites is 1. The Morgan fingerprint density at radius 3 is 2.63 bits per heavy atom. The van der Waals surface area contributed by atoms with E-state index in [0.29, 0.717) is 39.2 Å². The Hall–Kier alpha value is -3.33. The molecule has 0 fully saturated rings. The molecule has 0 unspecified atom stereocenters. The maximum Gasteiger partial charge on any atom is 0.325 e. The largest absolute Gasteiger partial charge is 0.497 e. The molecule has 1 aliphatic heterocycles. The van der Waals surface area contributed by atoms with Crippen molar-refractivity contribution in [3.63, 3.8) is 0 Å². The summed E-state index contributed by atoms with van der Waals surface area (Å²) >= 11 is 1.32. The Morgan fingerprint density at radius 2 is 1.97 bits per heavy atom. The zero-order valence-electron chi connectivity index (χ0n) is 17.0. The number of ether oxygens (including phenoxy) is 2. The number of nitrogens with zero attached hydrogens (tertiary/aromatic N) is 3. The van der Waals surface area contributed by atoms with Crippen LogP contribution >= 0.6 is 11.8 Å². The Kier molecular flexibility index (Phi) is 5.21. The van der Waals surface area contributed by atoms with E-state index in [1.165, 1.54) is 18.7 Å². The number of hydrogen-bond donors (Lipinski definition) is 1. The zero-order valence-corrected chi connectivity index (χ0v) is 17.8. The predicted octanol–water partition coefficient (Wildman–Crippen LogP) is 2.38. The number of anilines is 1. The van der Waals surface area contributed by atoms with E-state index in [2.05, 4.69) is 10.1 Å². The highest BCUT2D eigenvalue weighted by Gasteiger charge is 2.46. The van der Waals surface area contributed by atoms with E-state index < -0.39 is 6.17 Å². The van der Waals surface area contributed by atoms with Crippen LogP contribution in [-0.4, -0.2) is 36.5 Å². The van der Waals surface area contributed by atoms with Gasteiger partial charge in [0.2, 0.25) is 11.1 Å². The summed E-state index contributed by atoms with van der Waals surface area (Å²) in [6.07, 6.45) is 1.12. The topological polar surface area (TPSA) is 88.4 Å². The minimum Gasteiger partial charge on any atom is -0.497 e. The van der Waals surface area contributed by atoms with Crippen molar-refractivity contribution in [3.05, 3.63) is 58.4 Å². The summed E-state index contributed by atoms with van der Waals surface area (Å²) in [6, 6.07) is 12.7. The van der Waals surface area contributed by atoms with Gasteiger partial charge in [0, 0.05) is 18.1 Å². The van der Waals surface area contributed by atoms with Gasteiger partial charge in [-0.1, -0.05) is 23.9 Å². The van der Waals surface area contributed by atoms with Gasteiger partial charge in [0.15, 0.2) is 0 Å². The van der Waals surface area contributed by atoms with Crippen LogP contribution in [0.5, 0.6) is 11.5 Å². The van der Waals surface area contributed by atoms with E-state index in [0.717, 1.165) is 0 Å². The first-order valence-electron chi connectivity index (χ1n) is 9.21. The third kappa shape index (κ3) is 3.11. The van der Waals surface area contributed by atoms with Crippen molar-refractivity contribution in [1.82, 2.24) is 10.1 Å². The van der Waals surface area contributed by atoms with Crippen LogP contribution in [0.25, 0.3) is 11.3 Å². The summed E-state index contributed by atoms with van der Waals surface area (Å²) in [7, 11) is 3.13. The van der Waals surface area contributed by atoms with Gasteiger partial charge in [-0.05, 0) is 35.2 Å². The molecular weight excluding hydrogens is 404 g/mol. The fourth-order valence-corrected chi connectivity index (χ4v) is 4.08. The summed E-state index contributed by atoms with van der Waals surface area (Å²) in [5, 5.41) is 5.09. The van der Waals surface area contributed by atoms with Crippen molar-refractivity contribution in [2.75, 3.05) is 25.4 Å². The summed E-state index contributed by atoms with van der Waals surface area (Å²) < 4.78 is 12.5. The molecule has 2 aromatic carbocycles. The van der Waals surface area contributed by atoms with Crippen molar-refractivity contribution in [1.29, 1.82) is 0 Å². The average Bonchev–Trinajstić information content (AvgIpc) is 2.77. The van der Waals surface area contributed by atoms with Crippen LogP contribution in [0.15, 0.2) is 52.4 Å². The third-order valence-corrected chi connectivity index (χ3v) is 5.58. The van der Waals surface area contributed by atoms with E-state index >= 15 is 0 Å². The molecule has 4 rings (SSSR count). The average molecular weight is 425 g/mol. The highest BCUT2D eigenvalue weighted by molar-refractivity contribution is 7.98. The number of hydrogen-bond acceptors (Lipinski definition) is 6. The van der Waals surface area contributed by atoms with Gasteiger partial charge in [0.05, 0.1) is 31.0 Å². The Morgan fingerprint density at radius 1 is 1.20 bits per heavy atom. The van der Waals surface area contributed by atoms with Crippen molar-refractivity contribution < 1.29 is 19.0 Å². The lowest BCUT2D eigenvalue weighted by atomic mass is 10.0. The summed E-state index contributed by atoms with van der Waals surface area (Å²) in [4.78, 5) is 30.3. The molecule has 2 heterocycles. The SMILES string of the molecule is COc1ccc([C@H]2N(C(C)=O)c3ccccc3-c3c(=O)[nH]c(SC)n[n+]32)c(OC)c1. The number of amides is 1. The van der Waals surface area contributed by atoms with Crippen LogP contribution in [-0.2, 0) is 4.79 Å². The number of aromatic amines is 1. The number of benzene rings is 2. The number of nitrogens with one attached hydrogen (secondary N) is 1. The minimum atomic E-state index is -0.707. The van der Waals surface area contributed by atoms with Gasteiger partial charge in [-0.3, -0.25) is 14.6 Å². The number of H-pyrrole nitrogens is 1. The third-order valence-electron chi connectivity index (χ3n) is 5.01. The number of carbonyl (C=O) groups is 1. The molecule has 8 nitrogen and oxygen atoms in total. The van der Waals surface area contributed by atoms with Crippen LogP contribution in [0, 0.1) is 0 Å². The quantitative estimate of drug-likeness (QED) is 0.510. The second-order valence-corrected chi connectivity index (χ2v) is 7.44. The fourth-order valence-electron chi connectivity index (χ4n) is 3.72. The van der Waals surface area contributed by atoms with E-state index in [9.17, 15) is 9.59 Å². The fraction of sp³-hybridized carbons (Fsp3) is 0.238. The molecule has 0 aliphatic carbocycles. The van der Waals surface area contributed by atoms with E-state index in [4.69, 9.17) is 9.47 Å². The van der Waals surface area contributed by atoms with Crippen molar-refractivity contribution in [2.45, 2.75) is 18.2 Å². The van der Waals surface area contributed by atoms with Crippen LogP contribution in [0.4, 0.5) is 5.69 Å². The van der Waals surface area contributed by atoms with Crippen LogP contribution < -0.4 is 24.6 Å². The monoisotopic (exact) mass is 425 g/mol. The molecule has 0 saturated carbocycles. The molecule has 30 heavy (non-hydrogen) atoms. The molecule has 1 aromatic heterocycles. The molecule has 9 heteroatoms. The van der Waals surface area contributed by atoms with Gasteiger partial charge in [-0.15, -0.1) is 0 Å². The predicted molar refractivity (Wildman–Crippen MR) is 113 cm³/mol. The lowest BCUT2D eigenvalue weighted by Gasteiger charge is -2.31. The minimum absolute atomic E-state index is 0.184.